The Bertz CT molecular complexity index is 2000. The molecular formula is C45H59N7O10. The number of rotatable bonds is 12. The lowest BCUT2D eigenvalue weighted by atomic mass is 9.99. The van der Waals surface area contributed by atoms with Gasteiger partial charge in [0, 0.05) is 20.0 Å². The molecule has 9 N–H and O–H groups in total. The van der Waals surface area contributed by atoms with Gasteiger partial charge in [-0.25, -0.2) is 9.59 Å². The van der Waals surface area contributed by atoms with Crippen molar-refractivity contribution in [3.63, 3.8) is 0 Å². The minimum Gasteiger partial charge on any atom is -0.508 e. The van der Waals surface area contributed by atoms with Crippen molar-refractivity contribution in [3.05, 3.63) is 95.6 Å². The highest BCUT2D eigenvalue weighted by Crippen LogP contribution is 2.16. The molecule has 62 heavy (non-hydrogen) atoms. The number of benzene rings is 3. The van der Waals surface area contributed by atoms with Gasteiger partial charge in [0.2, 0.25) is 29.5 Å². The lowest BCUT2D eigenvalue weighted by molar-refractivity contribution is -0.142. The lowest BCUT2D eigenvalue weighted by Crippen LogP contribution is -2.60. The summed E-state index contributed by atoms with van der Waals surface area (Å²) >= 11 is 0. The largest absolute Gasteiger partial charge is 0.508 e. The number of phenols is 2. The van der Waals surface area contributed by atoms with Gasteiger partial charge in [0.25, 0.3) is 0 Å². The molecule has 334 valence electrons. The van der Waals surface area contributed by atoms with Crippen molar-refractivity contribution in [1.29, 1.82) is 0 Å². The van der Waals surface area contributed by atoms with Crippen molar-refractivity contribution >= 4 is 41.5 Å². The van der Waals surface area contributed by atoms with E-state index in [0.29, 0.717) is 24.8 Å². The zero-order valence-electron chi connectivity index (χ0n) is 35.6. The molecule has 1 heterocycles. The Morgan fingerprint density at radius 2 is 1.29 bits per heavy atom. The fourth-order valence-electron chi connectivity index (χ4n) is 6.91. The topological polar surface area (TPSA) is 256 Å². The summed E-state index contributed by atoms with van der Waals surface area (Å²) < 4.78 is 0. The fourth-order valence-corrected chi connectivity index (χ4v) is 6.91. The molecule has 3 aromatic carbocycles. The van der Waals surface area contributed by atoms with Crippen LogP contribution in [0.3, 0.4) is 0 Å². The number of nitrogens with one attached hydrogen (secondary N) is 6. The average molecular weight is 858 g/mol. The summed E-state index contributed by atoms with van der Waals surface area (Å²) in [5.41, 5.74) is 2.23. The van der Waals surface area contributed by atoms with E-state index in [1.54, 1.807) is 68.4 Å². The molecule has 1 aliphatic rings. The first-order valence-electron chi connectivity index (χ1n) is 20.9. The van der Waals surface area contributed by atoms with Crippen LogP contribution in [0.4, 0.5) is 4.79 Å². The van der Waals surface area contributed by atoms with Crippen LogP contribution in [0.5, 0.6) is 11.5 Å². The number of phenolic OH excluding ortho intramolecular Hbond substituents is 2. The van der Waals surface area contributed by atoms with E-state index in [-0.39, 0.29) is 50.1 Å². The predicted molar refractivity (Wildman–Crippen MR) is 230 cm³/mol. The number of carboxylic acid groups (broad SMARTS) is 1. The molecule has 3 aromatic rings. The molecular weight excluding hydrogens is 799 g/mol. The van der Waals surface area contributed by atoms with Crippen molar-refractivity contribution in [2.24, 2.45) is 5.92 Å². The van der Waals surface area contributed by atoms with Crippen LogP contribution in [0.2, 0.25) is 0 Å². The minimum atomic E-state index is -1.33. The number of likely N-dealkylation sites (N-methyl/N-ethyl adjacent to an activating group) is 1. The minimum absolute atomic E-state index is 0.0211. The second kappa shape index (κ2) is 23.4. The second-order valence-electron chi connectivity index (χ2n) is 15.9. The van der Waals surface area contributed by atoms with E-state index in [2.05, 4.69) is 31.9 Å². The second-order valence-corrected chi connectivity index (χ2v) is 15.9. The number of hydrogen-bond acceptors (Lipinski definition) is 9. The van der Waals surface area contributed by atoms with Crippen LogP contribution in [0.25, 0.3) is 0 Å². The molecule has 0 aromatic heterocycles. The van der Waals surface area contributed by atoms with Crippen LogP contribution >= 0.6 is 0 Å². The zero-order valence-corrected chi connectivity index (χ0v) is 35.6. The number of amides is 7. The lowest BCUT2D eigenvalue weighted by Gasteiger charge is -2.31. The molecule has 6 atom stereocenters. The number of carboxylic acids is 1. The molecule has 0 aliphatic carbocycles. The summed E-state index contributed by atoms with van der Waals surface area (Å²) in [6.45, 7) is 5.03. The Hall–Kier alpha value is -6.65. The molecule has 1 fully saturated rings. The van der Waals surface area contributed by atoms with Gasteiger partial charge in [-0.3, -0.25) is 24.0 Å². The van der Waals surface area contributed by atoms with Crippen molar-refractivity contribution in [2.75, 3.05) is 13.6 Å². The molecule has 17 heteroatoms. The van der Waals surface area contributed by atoms with Crippen molar-refractivity contribution in [1.82, 2.24) is 36.8 Å². The first kappa shape index (κ1) is 48.0. The normalized spacial score (nSPS) is 21.5. The summed E-state index contributed by atoms with van der Waals surface area (Å²) in [5.74, 6) is -4.79. The monoisotopic (exact) mass is 857 g/mol. The molecule has 0 radical (unpaired) electrons. The Morgan fingerprint density at radius 3 is 1.85 bits per heavy atom. The van der Waals surface area contributed by atoms with Crippen LogP contribution < -0.4 is 31.9 Å². The number of urea groups is 1. The maximum Gasteiger partial charge on any atom is 0.326 e. The van der Waals surface area contributed by atoms with Gasteiger partial charge in [-0.15, -0.1) is 0 Å². The number of carbonyl (C=O) groups is 7. The molecule has 0 bridgehead atoms. The maximum atomic E-state index is 14.2. The number of aryl methyl sites for hydroxylation is 2. The van der Waals surface area contributed by atoms with Gasteiger partial charge in [0.15, 0.2) is 0 Å². The number of aromatic hydroxyl groups is 2. The third-order valence-corrected chi connectivity index (χ3v) is 10.8. The van der Waals surface area contributed by atoms with E-state index in [1.165, 1.54) is 43.1 Å². The molecule has 1 aliphatic heterocycles. The van der Waals surface area contributed by atoms with Crippen molar-refractivity contribution in [2.45, 2.75) is 108 Å². The predicted octanol–water partition coefficient (Wildman–Crippen LogP) is 2.28. The summed E-state index contributed by atoms with van der Waals surface area (Å²) in [5, 5.41) is 45.6. The van der Waals surface area contributed by atoms with Crippen LogP contribution in [0.1, 0.15) is 69.6 Å². The Morgan fingerprint density at radius 1 is 0.726 bits per heavy atom. The summed E-state index contributed by atoms with van der Waals surface area (Å²) in [7, 11) is 1.41. The Labute approximate surface area is 361 Å². The van der Waals surface area contributed by atoms with Gasteiger partial charge < -0.3 is 52.1 Å². The summed E-state index contributed by atoms with van der Waals surface area (Å²) in [6, 6.07) is 13.5. The van der Waals surface area contributed by atoms with Crippen LogP contribution in [-0.2, 0) is 48.0 Å². The molecule has 0 spiro atoms. The SMILES string of the molecule is CC(C)C1NC(=O)C(NC(=O)NC(Cc2ccccc2)C(=O)O)CCCCNC(=O)C(CCc2ccc(O)cc2)NC(=O)C(C)N(C)C(=O)C(CCc2ccc(O)cc2)NC1=O. The van der Waals surface area contributed by atoms with Crippen LogP contribution in [-0.4, -0.2) is 112 Å². The number of aliphatic carboxylic acids is 1. The number of nitrogens with zero attached hydrogens (tertiary/aromatic N) is 1. The maximum absolute atomic E-state index is 14.2. The first-order valence-corrected chi connectivity index (χ1v) is 20.9. The molecule has 17 nitrogen and oxygen atoms in total. The summed E-state index contributed by atoms with van der Waals surface area (Å²) in [6.07, 6.45) is 1.55. The molecule has 1 saturated heterocycles. The van der Waals surface area contributed by atoms with E-state index in [1.807, 2.05) is 0 Å². The van der Waals surface area contributed by atoms with E-state index >= 15 is 0 Å². The highest BCUT2D eigenvalue weighted by atomic mass is 16.4. The highest BCUT2D eigenvalue weighted by molar-refractivity contribution is 5.96. The smallest absolute Gasteiger partial charge is 0.326 e. The summed E-state index contributed by atoms with van der Waals surface area (Å²) in [4.78, 5) is 96.3. The van der Waals surface area contributed by atoms with Crippen LogP contribution in [0.15, 0.2) is 78.9 Å². The van der Waals surface area contributed by atoms with Gasteiger partial charge in [-0.05, 0) is 98.7 Å². The average Bonchev–Trinajstić information content (AvgIpc) is 3.24. The Balaban J connectivity index is 1.62. The van der Waals surface area contributed by atoms with Gasteiger partial charge in [0.05, 0.1) is 0 Å². The first-order chi connectivity index (χ1) is 29.5. The van der Waals surface area contributed by atoms with Gasteiger partial charge in [-0.1, -0.05) is 68.4 Å². The molecule has 7 amide bonds. The van der Waals surface area contributed by atoms with Gasteiger partial charge in [-0.2, -0.15) is 0 Å². The Kier molecular flexibility index (Phi) is 18.1. The molecule has 4 rings (SSSR count). The number of carbonyl (C=O) groups excluding carboxylic acids is 6. The molecule has 0 saturated carbocycles. The molecule has 6 unspecified atom stereocenters. The third kappa shape index (κ3) is 14.8. The van der Waals surface area contributed by atoms with E-state index in [9.17, 15) is 48.9 Å². The van der Waals surface area contributed by atoms with E-state index in [0.717, 1.165) is 11.1 Å². The standard InChI is InChI=1S/C45H59N7O10/c1-27(2)38-42(58)48-36(24-18-30-15-21-33(54)22-16-30)43(59)52(4)28(3)39(55)47-35(23-17-29-13-19-32(53)20-14-29)40(56)46-25-9-8-12-34(41(57)51-38)49-45(62)50-37(44(60)61)26-31-10-6-5-7-11-31/h5-7,10-11,13-16,19-22,27-28,34-38,53-54H,8-9,12,17-18,23-26H2,1-4H3,(H,46,56)(H,47,55)(H,48,58)(H,51,57)(H,60,61)(H2,49,50,62). The third-order valence-electron chi connectivity index (χ3n) is 10.8. The van der Waals surface area contributed by atoms with E-state index < -0.39 is 83.7 Å². The quantitative estimate of drug-likeness (QED) is 0.129. The van der Waals surface area contributed by atoms with Gasteiger partial charge in [0.1, 0.15) is 47.8 Å². The number of hydrogen-bond donors (Lipinski definition) is 9. The van der Waals surface area contributed by atoms with Crippen molar-refractivity contribution < 1.29 is 48.9 Å². The highest BCUT2D eigenvalue weighted by Gasteiger charge is 2.35. The van der Waals surface area contributed by atoms with E-state index in [4.69, 9.17) is 0 Å². The fraction of sp³-hybridized carbons (Fsp3) is 0.444. The van der Waals surface area contributed by atoms with Crippen LogP contribution in [0, 0.1) is 5.92 Å². The zero-order chi connectivity index (χ0) is 45.3. The van der Waals surface area contributed by atoms with Crippen molar-refractivity contribution in [3.8, 4) is 11.5 Å². The van der Waals surface area contributed by atoms with Gasteiger partial charge >= 0.3 is 12.0 Å².